The molecule has 1 heterocycles. The van der Waals surface area contributed by atoms with Crippen LogP contribution < -0.4 is 15.8 Å². The molecule has 4 unspecified atom stereocenters. The lowest BCUT2D eigenvalue weighted by Crippen LogP contribution is -2.28. The molecular formula is C16H22N2O2. The fourth-order valence-corrected chi connectivity index (χ4v) is 3.14. The molecule has 2 aliphatic rings. The number of carbonyl (C=O) groups is 1. The molecule has 1 fully saturated rings. The number of ether oxygens (including phenoxy) is 1. The fraction of sp³-hybridized carbons (Fsp3) is 0.562. The van der Waals surface area contributed by atoms with Crippen LogP contribution in [0.5, 0.6) is 5.75 Å². The third-order valence-corrected chi connectivity index (χ3v) is 4.75. The number of nitrogens with two attached hydrogens (primary N) is 1. The van der Waals surface area contributed by atoms with Crippen molar-refractivity contribution in [3.63, 3.8) is 0 Å². The summed E-state index contributed by atoms with van der Waals surface area (Å²) in [4.78, 5) is 11.5. The number of carbonyl (C=O) groups excluding carboxylic acids is 1. The molecule has 1 aliphatic carbocycles. The van der Waals surface area contributed by atoms with Crippen LogP contribution in [-0.2, 0) is 4.79 Å². The number of fused-ring (bicyclic) bond motifs is 1. The van der Waals surface area contributed by atoms with Crippen LogP contribution in [0.25, 0.3) is 0 Å². The molecule has 0 radical (unpaired) electrons. The number of hydrogen-bond donors (Lipinski definition) is 2. The molecule has 4 atom stereocenters. The summed E-state index contributed by atoms with van der Waals surface area (Å²) in [6.45, 7) is 4.61. The summed E-state index contributed by atoms with van der Waals surface area (Å²) in [5.41, 5.74) is 7.45. The number of amides is 1. The van der Waals surface area contributed by atoms with E-state index in [2.05, 4.69) is 19.2 Å². The molecule has 4 heteroatoms. The third kappa shape index (κ3) is 2.40. The second-order valence-corrected chi connectivity index (χ2v) is 6.22. The highest BCUT2D eigenvalue weighted by Crippen LogP contribution is 2.35. The lowest BCUT2D eigenvalue weighted by Gasteiger charge is -2.32. The van der Waals surface area contributed by atoms with Crippen LogP contribution in [0.1, 0.15) is 44.7 Å². The Morgan fingerprint density at radius 3 is 2.80 bits per heavy atom. The standard InChI is InChI=1S/C16H22N2O2/c1-9-3-4-11(7-10(9)2)20-12-5-6-13-14(8-12)18-16(19)15(13)17/h5-6,8-11,15H,3-4,7,17H2,1-2H3,(H,18,19). The lowest BCUT2D eigenvalue weighted by molar-refractivity contribution is -0.116. The van der Waals surface area contributed by atoms with Gasteiger partial charge in [0.15, 0.2) is 0 Å². The Bertz CT molecular complexity index is 529. The van der Waals surface area contributed by atoms with E-state index in [-0.39, 0.29) is 12.0 Å². The van der Waals surface area contributed by atoms with Crippen molar-refractivity contribution in [2.45, 2.75) is 45.3 Å². The van der Waals surface area contributed by atoms with Gasteiger partial charge >= 0.3 is 0 Å². The van der Waals surface area contributed by atoms with Crippen molar-refractivity contribution in [1.82, 2.24) is 0 Å². The van der Waals surface area contributed by atoms with Crippen LogP contribution in [0.2, 0.25) is 0 Å². The van der Waals surface area contributed by atoms with E-state index in [1.165, 1.54) is 6.42 Å². The number of hydrogen-bond acceptors (Lipinski definition) is 3. The summed E-state index contributed by atoms with van der Waals surface area (Å²) in [6.07, 6.45) is 3.71. The van der Waals surface area contributed by atoms with Gasteiger partial charge in [-0.1, -0.05) is 19.9 Å². The molecule has 1 aliphatic heterocycles. The summed E-state index contributed by atoms with van der Waals surface area (Å²) in [5.74, 6) is 2.17. The Labute approximate surface area is 119 Å². The normalized spacial score (nSPS) is 32.6. The maximum atomic E-state index is 11.5. The van der Waals surface area contributed by atoms with Gasteiger partial charge in [-0.05, 0) is 37.2 Å². The predicted molar refractivity (Wildman–Crippen MR) is 78.6 cm³/mol. The molecule has 1 saturated carbocycles. The summed E-state index contributed by atoms with van der Waals surface area (Å²) < 4.78 is 6.08. The van der Waals surface area contributed by atoms with E-state index in [4.69, 9.17) is 10.5 Å². The van der Waals surface area contributed by atoms with E-state index in [1.807, 2.05) is 18.2 Å². The molecule has 108 valence electrons. The van der Waals surface area contributed by atoms with Gasteiger partial charge in [0.25, 0.3) is 0 Å². The van der Waals surface area contributed by atoms with E-state index in [0.29, 0.717) is 5.92 Å². The zero-order valence-corrected chi connectivity index (χ0v) is 12.1. The molecule has 20 heavy (non-hydrogen) atoms. The van der Waals surface area contributed by atoms with E-state index in [0.717, 1.165) is 35.8 Å². The molecule has 0 bridgehead atoms. The Morgan fingerprint density at radius 1 is 1.25 bits per heavy atom. The van der Waals surface area contributed by atoms with Gasteiger partial charge in [0.2, 0.25) is 5.91 Å². The van der Waals surface area contributed by atoms with E-state index in [1.54, 1.807) is 0 Å². The monoisotopic (exact) mass is 274 g/mol. The first-order chi connectivity index (χ1) is 9.54. The van der Waals surface area contributed by atoms with Crippen molar-refractivity contribution < 1.29 is 9.53 Å². The first-order valence-corrected chi connectivity index (χ1v) is 7.41. The van der Waals surface area contributed by atoms with Gasteiger partial charge in [-0.3, -0.25) is 4.79 Å². The molecule has 3 rings (SSSR count). The van der Waals surface area contributed by atoms with Crippen LogP contribution in [0.15, 0.2) is 18.2 Å². The van der Waals surface area contributed by atoms with Gasteiger partial charge in [-0.25, -0.2) is 0 Å². The number of nitrogens with one attached hydrogen (secondary N) is 1. The second kappa shape index (κ2) is 5.09. The minimum absolute atomic E-state index is 0.141. The van der Waals surface area contributed by atoms with Gasteiger partial charge in [0.1, 0.15) is 11.8 Å². The van der Waals surface area contributed by atoms with Crippen molar-refractivity contribution in [3.8, 4) is 5.75 Å². The number of rotatable bonds is 2. The van der Waals surface area contributed by atoms with Crippen LogP contribution in [-0.4, -0.2) is 12.0 Å². The van der Waals surface area contributed by atoms with Crippen molar-refractivity contribution >= 4 is 11.6 Å². The molecule has 3 N–H and O–H groups in total. The number of anilines is 1. The first kappa shape index (κ1) is 13.4. The predicted octanol–water partition coefficient (Wildman–Crippen LogP) is 2.84. The van der Waals surface area contributed by atoms with Crippen LogP contribution >= 0.6 is 0 Å². The highest BCUT2D eigenvalue weighted by Gasteiger charge is 2.29. The SMILES string of the molecule is CC1CCC(Oc2ccc3c(c2)NC(=O)C3N)CC1C. The summed E-state index contributed by atoms with van der Waals surface area (Å²) in [5, 5.41) is 2.80. The molecule has 1 aromatic carbocycles. The summed E-state index contributed by atoms with van der Waals surface area (Å²) in [6, 6.07) is 5.15. The smallest absolute Gasteiger partial charge is 0.245 e. The highest BCUT2D eigenvalue weighted by atomic mass is 16.5. The lowest BCUT2D eigenvalue weighted by atomic mass is 9.80. The second-order valence-electron chi connectivity index (χ2n) is 6.22. The quantitative estimate of drug-likeness (QED) is 0.871. The van der Waals surface area contributed by atoms with Crippen molar-refractivity contribution in [3.05, 3.63) is 23.8 Å². The highest BCUT2D eigenvalue weighted by molar-refractivity contribution is 6.02. The number of benzene rings is 1. The van der Waals surface area contributed by atoms with Gasteiger partial charge in [-0.2, -0.15) is 0 Å². The topological polar surface area (TPSA) is 64.3 Å². The zero-order chi connectivity index (χ0) is 14.3. The maximum Gasteiger partial charge on any atom is 0.245 e. The molecule has 1 amide bonds. The zero-order valence-electron chi connectivity index (χ0n) is 12.1. The average Bonchev–Trinajstić information content (AvgIpc) is 2.69. The third-order valence-electron chi connectivity index (χ3n) is 4.75. The van der Waals surface area contributed by atoms with E-state index < -0.39 is 6.04 Å². The minimum atomic E-state index is -0.547. The molecule has 0 saturated heterocycles. The van der Waals surface area contributed by atoms with Crippen LogP contribution in [0.4, 0.5) is 5.69 Å². The minimum Gasteiger partial charge on any atom is -0.490 e. The Morgan fingerprint density at radius 2 is 2.05 bits per heavy atom. The first-order valence-electron chi connectivity index (χ1n) is 7.41. The van der Waals surface area contributed by atoms with Gasteiger partial charge < -0.3 is 15.8 Å². The molecular weight excluding hydrogens is 252 g/mol. The molecule has 1 aromatic rings. The van der Waals surface area contributed by atoms with E-state index in [9.17, 15) is 4.79 Å². The van der Waals surface area contributed by atoms with Gasteiger partial charge in [0, 0.05) is 17.3 Å². The molecule has 0 aromatic heterocycles. The van der Waals surface area contributed by atoms with Crippen molar-refractivity contribution in [2.75, 3.05) is 5.32 Å². The van der Waals surface area contributed by atoms with Crippen LogP contribution in [0.3, 0.4) is 0 Å². The Hall–Kier alpha value is -1.55. The van der Waals surface area contributed by atoms with Crippen molar-refractivity contribution in [1.29, 1.82) is 0 Å². The maximum absolute atomic E-state index is 11.5. The average molecular weight is 274 g/mol. The van der Waals surface area contributed by atoms with Crippen molar-refractivity contribution in [2.24, 2.45) is 17.6 Å². The van der Waals surface area contributed by atoms with Gasteiger partial charge in [0.05, 0.1) is 6.10 Å². The summed E-state index contributed by atoms with van der Waals surface area (Å²) in [7, 11) is 0. The van der Waals surface area contributed by atoms with E-state index >= 15 is 0 Å². The summed E-state index contributed by atoms with van der Waals surface area (Å²) >= 11 is 0. The molecule has 0 spiro atoms. The fourth-order valence-electron chi connectivity index (χ4n) is 3.14. The van der Waals surface area contributed by atoms with Crippen LogP contribution in [0, 0.1) is 11.8 Å². The molecule has 4 nitrogen and oxygen atoms in total. The Kier molecular flexibility index (Phi) is 3.42. The van der Waals surface area contributed by atoms with Gasteiger partial charge in [-0.15, -0.1) is 0 Å². The Balaban J connectivity index is 1.71. The largest absolute Gasteiger partial charge is 0.490 e.